The van der Waals surface area contributed by atoms with Crippen molar-refractivity contribution in [3.8, 4) is 0 Å². The maximum atomic E-state index is 12.7. The Labute approximate surface area is 164 Å². The quantitative estimate of drug-likeness (QED) is 0.875. The molecule has 2 unspecified atom stereocenters. The van der Waals surface area contributed by atoms with Crippen LogP contribution >= 0.6 is 0 Å². The molecule has 1 saturated carbocycles. The SMILES string of the molecule is CC(Nc1nnc(C2Cc3ccccc3CO2)o1)C(=O)N1CCC2(CC1)CC2. The molecule has 1 spiro atoms. The van der Waals surface area contributed by atoms with E-state index in [0.717, 1.165) is 25.9 Å². The minimum atomic E-state index is -0.394. The fourth-order valence-corrected chi connectivity index (χ4v) is 4.33. The number of ether oxygens (including phenoxy) is 1. The highest BCUT2D eigenvalue weighted by Crippen LogP contribution is 2.53. The van der Waals surface area contributed by atoms with Crippen molar-refractivity contribution < 1.29 is 13.9 Å². The number of hydrogen-bond donors (Lipinski definition) is 1. The molecular weight excluding hydrogens is 356 g/mol. The lowest BCUT2D eigenvalue weighted by Gasteiger charge is -2.33. The van der Waals surface area contributed by atoms with Gasteiger partial charge in [-0.2, -0.15) is 0 Å². The van der Waals surface area contributed by atoms with Gasteiger partial charge in [0.15, 0.2) is 0 Å². The Morgan fingerprint density at radius 2 is 1.93 bits per heavy atom. The number of piperidine rings is 1. The highest BCUT2D eigenvalue weighted by atomic mass is 16.5. The predicted molar refractivity (Wildman–Crippen MR) is 103 cm³/mol. The van der Waals surface area contributed by atoms with Crippen molar-refractivity contribution >= 4 is 11.9 Å². The Bertz CT molecular complexity index is 866. The van der Waals surface area contributed by atoms with Gasteiger partial charge in [0.25, 0.3) is 0 Å². The van der Waals surface area contributed by atoms with Crippen LogP contribution in [0.4, 0.5) is 6.01 Å². The summed E-state index contributed by atoms with van der Waals surface area (Å²) < 4.78 is 11.6. The van der Waals surface area contributed by atoms with Crippen LogP contribution in [-0.4, -0.2) is 40.1 Å². The van der Waals surface area contributed by atoms with Gasteiger partial charge >= 0.3 is 6.01 Å². The molecule has 1 amide bonds. The van der Waals surface area contributed by atoms with Crippen LogP contribution in [0.1, 0.15) is 55.7 Å². The van der Waals surface area contributed by atoms with Crippen LogP contribution in [0, 0.1) is 5.41 Å². The van der Waals surface area contributed by atoms with Crippen LogP contribution in [0.2, 0.25) is 0 Å². The van der Waals surface area contributed by atoms with Gasteiger partial charge in [-0.25, -0.2) is 0 Å². The largest absolute Gasteiger partial charge is 0.405 e. The molecule has 2 atom stereocenters. The first-order chi connectivity index (χ1) is 13.6. The zero-order valence-corrected chi connectivity index (χ0v) is 16.2. The van der Waals surface area contributed by atoms with Crippen molar-refractivity contribution in [3.63, 3.8) is 0 Å². The molecule has 7 heteroatoms. The molecule has 148 valence electrons. The molecule has 3 heterocycles. The fraction of sp³-hybridized carbons (Fsp3) is 0.571. The minimum absolute atomic E-state index is 0.0955. The third-order valence-corrected chi connectivity index (χ3v) is 6.48. The lowest BCUT2D eigenvalue weighted by atomic mass is 9.93. The number of likely N-dealkylation sites (tertiary alicyclic amines) is 1. The summed E-state index contributed by atoms with van der Waals surface area (Å²) in [6, 6.07) is 8.10. The number of rotatable bonds is 4. The third-order valence-electron chi connectivity index (χ3n) is 6.48. The van der Waals surface area contributed by atoms with Crippen LogP contribution in [0.5, 0.6) is 0 Å². The summed E-state index contributed by atoms with van der Waals surface area (Å²) in [5.74, 6) is 0.545. The number of anilines is 1. The number of carbonyl (C=O) groups excluding carboxylic acids is 1. The average molecular weight is 382 g/mol. The van der Waals surface area contributed by atoms with Crippen molar-refractivity contribution in [1.82, 2.24) is 15.1 Å². The van der Waals surface area contributed by atoms with E-state index >= 15 is 0 Å². The first kappa shape index (κ1) is 17.7. The smallest absolute Gasteiger partial charge is 0.316 e. The Hall–Kier alpha value is -2.41. The lowest BCUT2D eigenvalue weighted by molar-refractivity contribution is -0.133. The standard InChI is InChI=1S/C21H26N4O3/c1-14(19(26)25-10-8-21(6-7-21)9-11-25)22-20-24-23-18(28-20)17-12-15-4-2-3-5-16(15)13-27-17/h2-5,14,17H,6-13H2,1H3,(H,22,24). The lowest BCUT2D eigenvalue weighted by Crippen LogP contribution is -2.45. The average Bonchev–Trinajstić information content (AvgIpc) is 3.31. The van der Waals surface area contributed by atoms with Crippen LogP contribution in [0.3, 0.4) is 0 Å². The van der Waals surface area contributed by atoms with Crippen molar-refractivity contribution in [1.29, 1.82) is 0 Å². The Kier molecular flexibility index (Phi) is 4.34. The van der Waals surface area contributed by atoms with Crippen LogP contribution < -0.4 is 5.32 Å². The van der Waals surface area contributed by atoms with Gasteiger partial charge in [0.1, 0.15) is 12.1 Å². The summed E-state index contributed by atoms with van der Waals surface area (Å²) in [6.45, 7) is 4.10. The molecule has 28 heavy (non-hydrogen) atoms. The second kappa shape index (κ2) is 6.88. The second-order valence-electron chi connectivity index (χ2n) is 8.41. The molecule has 0 bridgehead atoms. The first-order valence-corrected chi connectivity index (χ1v) is 10.2. The van der Waals surface area contributed by atoms with Gasteiger partial charge in [-0.3, -0.25) is 4.79 Å². The third kappa shape index (κ3) is 3.39. The molecule has 2 fully saturated rings. The number of aromatic nitrogens is 2. The van der Waals surface area contributed by atoms with E-state index in [1.165, 1.54) is 24.0 Å². The summed E-state index contributed by atoms with van der Waals surface area (Å²) in [4.78, 5) is 14.7. The number of hydrogen-bond acceptors (Lipinski definition) is 6. The Balaban J connectivity index is 1.19. The maximum absolute atomic E-state index is 12.7. The van der Waals surface area contributed by atoms with Crippen LogP contribution in [0.15, 0.2) is 28.7 Å². The topological polar surface area (TPSA) is 80.5 Å². The van der Waals surface area contributed by atoms with E-state index in [9.17, 15) is 4.79 Å². The molecular formula is C21H26N4O3. The van der Waals surface area contributed by atoms with E-state index < -0.39 is 6.04 Å². The first-order valence-electron chi connectivity index (χ1n) is 10.2. The van der Waals surface area contributed by atoms with Gasteiger partial charge in [0.2, 0.25) is 11.8 Å². The molecule has 2 aromatic rings. The zero-order chi connectivity index (χ0) is 19.1. The molecule has 3 aliphatic rings. The zero-order valence-electron chi connectivity index (χ0n) is 16.2. The molecule has 2 aliphatic heterocycles. The van der Waals surface area contributed by atoms with Gasteiger partial charge in [0, 0.05) is 19.5 Å². The summed E-state index contributed by atoms with van der Waals surface area (Å²) in [5, 5.41) is 11.3. The molecule has 7 nitrogen and oxygen atoms in total. The number of nitrogens with one attached hydrogen (secondary N) is 1. The number of carbonyl (C=O) groups is 1. The molecule has 0 radical (unpaired) electrons. The van der Waals surface area contributed by atoms with Crippen molar-refractivity contribution in [2.75, 3.05) is 18.4 Å². The summed E-state index contributed by atoms with van der Waals surface area (Å²) in [5.41, 5.74) is 3.01. The monoisotopic (exact) mass is 382 g/mol. The summed E-state index contributed by atoms with van der Waals surface area (Å²) in [7, 11) is 0. The molecule has 1 saturated heterocycles. The fourth-order valence-electron chi connectivity index (χ4n) is 4.33. The van der Waals surface area contributed by atoms with E-state index in [1.807, 2.05) is 24.0 Å². The molecule has 1 aromatic carbocycles. The Morgan fingerprint density at radius 1 is 1.18 bits per heavy atom. The Morgan fingerprint density at radius 3 is 2.68 bits per heavy atom. The number of fused-ring (bicyclic) bond motifs is 1. The normalized spacial score (nSPS) is 23.9. The highest BCUT2D eigenvalue weighted by Gasteiger charge is 2.45. The van der Waals surface area contributed by atoms with E-state index in [1.54, 1.807) is 0 Å². The van der Waals surface area contributed by atoms with Crippen LogP contribution in [-0.2, 0) is 22.6 Å². The van der Waals surface area contributed by atoms with Crippen molar-refractivity contribution in [2.45, 2.75) is 57.8 Å². The molecule has 1 aliphatic carbocycles. The van der Waals surface area contributed by atoms with E-state index in [-0.39, 0.29) is 18.0 Å². The highest BCUT2D eigenvalue weighted by molar-refractivity contribution is 5.83. The van der Waals surface area contributed by atoms with Gasteiger partial charge in [0.05, 0.1) is 6.61 Å². The van der Waals surface area contributed by atoms with Crippen molar-refractivity contribution in [3.05, 3.63) is 41.3 Å². The summed E-state index contributed by atoms with van der Waals surface area (Å²) in [6.07, 6.45) is 5.40. The molecule has 1 aromatic heterocycles. The van der Waals surface area contributed by atoms with E-state index in [4.69, 9.17) is 9.15 Å². The van der Waals surface area contributed by atoms with E-state index in [0.29, 0.717) is 24.3 Å². The van der Waals surface area contributed by atoms with Crippen LogP contribution in [0.25, 0.3) is 0 Å². The van der Waals surface area contributed by atoms with Gasteiger partial charge in [-0.05, 0) is 49.1 Å². The van der Waals surface area contributed by atoms with Gasteiger partial charge in [-0.1, -0.05) is 29.4 Å². The molecule has 5 rings (SSSR count). The molecule has 1 N–H and O–H groups in total. The minimum Gasteiger partial charge on any atom is -0.405 e. The van der Waals surface area contributed by atoms with Crippen molar-refractivity contribution in [2.24, 2.45) is 5.41 Å². The second-order valence-corrected chi connectivity index (χ2v) is 8.41. The van der Waals surface area contributed by atoms with Gasteiger partial charge in [-0.15, -0.1) is 5.10 Å². The number of nitrogens with zero attached hydrogens (tertiary/aromatic N) is 3. The maximum Gasteiger partial charge on any atom is 0.316 e. The summed E-state index contributed by atoms with van der Waals surface area (Å²) >= 11 is 0. The number of benzene rings is 1. The van der Waals surface area contributed by atoms with E-state index in [2.05, 4.69) is 27.6 Å². The predicted octanol–water partition coefficient (Wildman–Crippen LogP) is 3.09. The van der Waals surface area contributed by atoms with Gasteiger partial charge < -0.3 is 19.4 Å². The number of amides is 1.